The molecule has 0 saturated carbocycles. The zero-order chi connectivity index (χ0) is 14.0. The summed E-state index contributed by atoms with van der Waals surface area (Å²) in [6.45, 7) is 2.56. The molecule has 1 heterocycles. The van der Waals surface area contributed by atoms with E-state index >= 15 is 0 Å². The predicted molar refractivity (Wildman–Crippen MR) is 79.8 cm³/mol. The molecule has 1 aliphatic rings. The Balaban J connectivity index is 2.25. The fourth-order valence-electron chi connectivity index (χ4n) is 2.62. The van der Waals surface area contributed by atoms with Gasteiger partial charge >= 0.3 is 0 Å². The fraction of sp³-hybridized carbons (Fsp3) is 0.533. The topological polar surface area (TPSA) is 23.6 Å². The minimum Gasteiger partial charge on any atom is -0.378 e. The quantitative estimate of drug-likeness (QED) is 0.795. The van der Waals surface area contributed by atoms with Crippen molar-refractivity contribution in [3.05, 3.63) is 29.8 Å². The first-order valence-corrected chi connectivity index (χ1v) is 7.16. The first-order chi connectivity index (χ1) is 9.00. The van der Waals surface area contributed by atoms with Gasteiger partial charge in [-0.15, -0.1) is 11.6 Å². The number of carbonyl (C=O) groups excluding carboxylic acids is 1. The van der Waals surface area contributed by atoms with Crippen LogP contribution in [0.15, 0.2) is 24.3 Å². The lowest BCUT2D eigenvalue weighted by Gasteiger charge is -2.27. The van der Waals surface area contributed by atoms with Crippen molar-refractivity contribution in [3.63, 3.8) is 0 Å². The summed E-state index contributed by atoms with van der Waals surface area (Å²) < 4.78 is 0. The van der Waals surface area contributed by atoms with Crippen molar-refractivity contribution in [3.8, 4) is 0 Å². The van der Waals surface area contributed by atoms with Gasteiger partial charge in [-0.25, -0.2) is 0 Å². The monoisotopic (exact) mass is 280 g/mol. The second-order valence-electron chi connectivity index (χ2n) is 5.30. The van der Waals surface area contributed by atoms with Crippen molar-refractivity contribution in [2.75, 3.05) is 25.5 Å². The second-order valence-corrected chi connectivity index (χ2v) is 5.95. The van der Waals surface area contributed by atoms with Crippen LogP contribution in [0.1, 0.15) is 31.4 Å². The Morgan fingerprint density at radius 1 is 1.47 bits per heavy atom. The van der Waals surface area contributed by atoms with Crippen LogP contribution in [0.25, 0.3) is 0 Å². The molecule has 3 nitrogen and oxygen atoms in total. The van der Waals surface area contributed by atoms with Crippen molar-refractivity contribution < 1.29 is 4.79 Å². The van der Waals surface area contributed by atoms with Crippen LogP contribution in [0.2, 0.25) is 0 Å². The maximum Gasteiger partial charge on any atom is 0.240 e. The van der Waals surface area contributed by atoms with Gasteiger partial charge in [0.15, 0.2) is 0 Å². The molecule has 2 rings (SSSR count). The number of benzene rings is 1. The molecule has 0 spiro atoms. The molecule has 2 unspecified atom stereocenters. The highest BCUT2D eigenvalue weighted by atomic mass is 35.5. The minimum atomic E-state index is -0.447. The van der Waals surface area contributed by atoms with Gasteiger partial charge in [0.2, 0.25) is 5.91 Å². The number of carbonyl (C=O) groups is 1. The Labute approximate surface area is 120 Å². The van der Waals surface area contributed by atoms with Crippen molar-refractivity contribution in [2.24, 2.45) is 0 Å². The van der Waals surface area contributed by atoms with Gasteiger partial charge in [-0.05, 0) is 37.5 Å². The van der Waals surface area contributed by atoms with Crippen LogP contribution >= 0.6 is 11.6 Å². The van der Waals surface area contributed by atoms with Crippen molar-refractivity contribution in [1.82, 2.24) is 4.90 Å². The fourth-order valence-corrected chi connectivity index (χ4v) is 2.74. The van der Waals surface area contributed by atoms with Gasteiger partial charge in [0.05, 0.1) is 6.04 Å². The van der Waals surface area contributed by atoms with E-state index in [0.717, 1.165) is 25.1 Å². The van der Waals surface area contributed by atoms with E-state index in [-0.39, 0.29) is 11.9 Å². The molecule has 1 fully saturated rings. The Morgan fingerprint density at radius 2 is 2.21 bits per heavy atom. The van der Waals surface area contributed by atoms with Crippen LogP contribution in [0.3, 0.4) is 0 Å². The van der Waals surface area contributed by atoms with Crippen LogP contribution < -0.4 is 4.90 Å². The average Bonchev–Trinajstić information content (AvgIpc) is 2.86. The lowest BCUT2D eigenvalue weighted by molar-refractivity contribution is -0.131. The largest absolute Gasteiger partial charge is 0.378 e. The SMILES string of the molecule is CC(Cl)C(=O)N1CCCC1c1cccc(N(C)C)c1. The molecule has 1 aromatic rings. The number of anilines is 1. The van der Waals surface area contributed by atoms with E-state index in [4.69, 9.17) is 11.6 Å². The zero-order valence-electron chi connectivity index (χ0n) is 11.8. The highest BCUT2D eigenvalue weighted by molar-refractivity contribution is 6.30. The standard InChI is InChI=1S/C15H21ClN2O/c1-11(16)15(19)18-9-5-8-14(18)12-6-4-7-13(10-12)17(2)3/h4,6-7,10-11,14H,5,8-9H2,1-3H3. The molecule has 19 heavy (non-hydrogen) atoms. The molecule has 0 aromatic heterocycles. The van der Waals surface area contributed by atoms with Gasteiger partial charge in [0.25, 0.3) is 0 Å². The maximum absolute atomic E-state index is 12.1. The summed E-state index contributed by atoms with van der Waals surface area (Å²) in [7, 11) is 4.05. The maximum atomic E-state index is 12.1. The normalized spacial score (nSPS) is 20.4. The van der Waals surface area contributed by atoms with Gasteiger partial charge in [0, 0.05) is 26.3 Å². The van der Waals surface area contributed by atoms with E-state index in [9.17, 15) is 4.79 Å². The molecule has 2 atom stereocenters. The Kier molecular flexibility index (Phi) is 4.35. The van der Waals surface area contributed by atoms with E-state index in [1.54, 1.807) is 6.92 Å². The van der Waals surface area contributed by atoms with Crippen molar-refractivity contribution in [2.45, 2.75) is 31.2 Å². The third-order valence-corrected chi connectivity index (χ3v) is 3.83. The van der Waals surface area contributed by atoms with Gasteiger partial charge in [-0.2, -0.15) is 0 Å². The molecule has 0 aliphatic carbocycles. The highest BCUT2D eigenvalue weighted by Crippen LogP contribution is 2.34. The number of halogens is 1. The van der Waals surface area contributed by atoms with Crippen LogP contribution in [0, 0.1) is 0 Å². The summed E-state index contributed by atoms with van der Waals surface area (Å²) in [6, 6.07) is 8.57. The third kappa shape index (κ3) is 3.03. The van der Waals surface area contributed by atoms with Gasteiger partial charge < -0.3 is 9.80 Å². The number of hydrogen-bond donors (Lipinski definition) is 0. The lowest BCUT2D eigenvalue weighted by atomic mass is 10.0. The third-order valence-electron chi connectivity index (χ3n) is 3.65. The van der Waals surface area contributed by atoms with E-state index in [1.165, 1.54) is 5.56 Å². The molecular weight excluding hydrogens is 260 g/mol. The number of nitrogens with zero attached hydrogens (tertiary/aromatic N) is 2. The summed E-state index contributed by atoms with van der Waals surface area (Å²) >= 11 is 5.94. The summed E-state index contributed by atoms with van der Waals surface area (Å²) in [4.78, 5) is 16.1. The van der Waals surface area contributed by atoms with Crippen molar-refractivity contribution >= 4 is 23.2 Å². The molecule has 0 bridgehead atoms. The average molecular weight is 281 g/mol. The predicted octanol–water partition coefficient (Wildman–Crippen LogP) is 3.04. The Hall–Kier alpha value is -1.22. The van der Waals surface area contributed by atoms with E-state index in [2.05, 4.69) is 29.2 Å². The molecule has 0 radical (unpaired) electrons. The van der Waals surface area contributed by atoms with Gasteiger partial charge in [0.1, 0.15) is 5.38 Å². The second kappa shape index (κ2) is 5.83. The number of rotatable bonds is 3. The van der Waals surface area contributed by atoms with Crippen LogP contribution in [-0.4, -0.2) is 36.8 Å². The molecular formula is C15H21ClN2O. The first kappa shape index (κ1) is 14.2. The van der Waals surface area contributed by atoms with Gasteiger partial charge in [-0.3, -0.25) is 4.79 Å². The molecule has 0 N–H and O–H groups in total. The van der Waals surface area contributed by atoms with Crippen LogP contribution in [-0.2, 0) is 4.79 Å². The molecule has 4 heteroatoms. The van der Waals surface area contributed by atoms with E-state index in [0.29, 0.717) is 0 Å². The van der Waals surface area contributed by atoms with E-state index < -0.39 is 5.38 Å². The first-order valence-electron chi connectivity index (χ1n) is 6.72. The number of amides is 1. The summed E-state index contributed by atoms with van der Waals surface area (Å²) in [6.07, 6.45) is 2.07. The molecule has 1 amide bonds. The summed E-state index contributed by atoms with van der Waals surface area (Å²) in [5, 5.41) is -0.447. The Bertz CT molecular complexity index is 459. The molecule has 104 valence electrons. The smallest absolute Gasteiger partial charge is 0.240 e. The minimum absolute atomic E-state index is 0.0411. The van der Waals surface area contributed by atoms with Crippen LogP contribution in [0.5, 0.6) is 0 Å². The number of likely N-dealkylation sites (tertiary alicyclic amines) is 1. The number of hydrogen-bond acceptors (Lipinski definition) is 2. The summed E-state index contributed by atoms with van der Waals surface area (Å²) in [5.74, 6) is 0.0411. The van der Waals surface area contributed by atoms with Gasteiger partial charge in [-0.1, -0.05) is 12.1 Å². The molecule has 1 aromatic carbocycles. The highest BCUT2D eigenvalue weighted by Gasteiger charge is 2.31. The lowest BCUT2D eigenvalue weighted by Crippen LogP contribution is -2.35. The van der Waals surface area contributed by atoms with Crippen LogP contribution in [0.4, 0.5) is 5.69 Å². The van der Waals surface area contributed by atoms with Crippen molar-refractivity contribution in [1.29, 1.82) is 0 Å². The molecule has 1 aliphatic heterocycles. The zero-order valence-corrected chi connectivity index (χ0v) is 12.5. The van der Waals surface area contributed by atoms with E-state index in [1.807, 2.05) is 19.0 Å². The molecule has 1 saturated heterocycles. The Morgan fingerprint density at radius 3 is 2.84 bits per heavy atom. The summed E-state index contributed by atoms with van der Waals surface area (Å²) in [5.41, 5.74) is 2.37. The number of alkyl halides is 1.